The van der Waals surface area contributed by atoms with Gasteiger partial charge in [0.05, 0.1) is 0 Å². The van der Waals surface area contributed by atoms with E-state index in [2.05, 4.69) is 0 Å². The Hall–Kier alpha value is -1.84. The van der Waals surface area contributed by atoms with Crippen molar-refractivity contribution >= 4 is 0 Å². The maximum absolute atomic E-state index is 10.7. The highest BCUT2D eigenvalue weighted by atomic mass is 16.6. The van der Waals surface area contributed by atoms with E-state index < -0.39 is 5.79 Å². The molecule has 2 unspecified atom stereocenters. The number of benzene rings is 2. The fourth-order valence-corrected chi connectivity index (χ4v) is 2.39. The summed E-state index contributed by atoms with van der Waals surface area (Å²) in [7, 11) is 0. The average molecular weight is 241 g/mol. The van der Waals surface area contributed by atoms with E-state index in [1.54, 1.807) is 0 Å². The van der Waals surface area contributed by atoms with E-state index in [9.17, 15) is 5.11 Å². The van der Waals surface area contributed by atoms with Crippen LogP contribution in [-0.2, 0) is 5.79 Å². The summed E-state index contributed by atoms with van der Waals surface area (Å²) in [5, 5.41) is 10.7. The zero-order valence-electron chi connectivity index (χ0n) is 9.91. The van der Waals surface area contributed by atoms with Gasteiger partial charge in [0.1, 0.15) is 5.75 Å². The minimum Gasteiger partial charge on any atom is -0.458 e. The largest absolute Gasteiger partial charge is 0.458 e. The second-order valence-electron chi connectivity index (χ2n) is 4.60. The third-order valence-electron chi connectivity index (χ3n) is 3.32. The molecule has 2 aromatic rings. The number of nitrogens with two attached hydrogens (primary N) is 1. The number of para-hydroxylation sites is 1. The van der Waals surface area contributed by atoms with Gasteiger partial charge in [0.2, 0.25) is 5.79 Å². The maximum atomic E-state index is 10.7. The SMILES string of the molecule is NC1CC(O)(c2ccccc2)Oc2ccccc21. The summed E-state index contributed by atoms with van der Waals surface area (Å²) in [6.07, 6.45) is 0.355. The number of hydrogen-bond acceptors (Lipinski definition) is 3. The number of rotatable bonds is 1. The lowest BCUT2D eigenvalue weighted by Gasteiger charge is -2.37. The smallest absolute Gasteiger partial charge is 0.236 e. The first kappa shape index (κ1) is 11.3. The number of ether oxygens (including phenoxy) is 1. The first-order chi connectivity index (χ1) is 8.69. The first-order valence-electron chi connectivity index (χ1n) is 6.00. The molecule has 3 nitrogen and oxygen atoms in total. The van der Waals surface area contributed by atoms with Crippen LogP contribution in [0.25, 0.3) is 0 Å². The van der Waals surface area contributed by atoms with E-state index in [-0.39, 0.29) is 6.04 Å². The van der Waals surface area contributed by atoms with Crippen LogP contribution in [0.4, 0.5) is 0 Å². The molecule has 0 radical (unpaired) electrons. The van der Waals surface area contributed by atoms with Crippen molar-refractivity contribution in [3.63, 3.8) is 0 Å². The van der Waals surface area contributed by atoms with E-state index >= 15 is 0 Å². The van der Waals surface area contributed by atoms with E-state index in [0.29, 0.717) is 12.2 Å². The van der Waals surface area contributed by atoms with Crippen molar-refractivity contribution in [2.45, 2.75) is 18.2 Å². The summed E-state index contributed by atoms with van der Waals surface area (Å²) < 4.78 is 5.75. The molecular weight excluding hydrogens is 226 g/mol. The first-order valence-corrected chi connectivity index (χ1v) is 6.00. The Bertz CT molecular complexity index is 555. The number of fused-ring (bicyclic) bond motifs is 1. The van der Waals surface area contributed by atoms with Crippen LogP contribution >= 0.6 is 0 Å². The molecule has 0 amide bonds. The molecular formula is C15H15NO2. The Balaban J connectivity index is 2.03. The van der Waals surface area contributed by atoms with E-state index in [0.717, 1.165) is 11.1 Å². The van der Waals surface area contributed by atoms with Crippen LogP contribution in [0.2, 0.25) is 0 Å². The summed E-state index contributed by atoms with van der Waals surface area (Å²) in [4.78, 5) is 0. The summed E-state index contributed by atoms with van der Waals surface area (Å²) >= 11 is 0. The number of hydrogen-bond donors (Lipinski definition) is 2. The van der Waals surface area contributed by atoms with E-state index in [1.165, 1.54) is 0 Å². The molecule has 1 aliphatic heterocycles. The van der Waals surface area contributed by atoms with Crippen LogP contribution in [0.5, 0.6) is 5.75 Å². The summed E-state index contributed by atoms with van der Waals surface area (Å²) in [6.45, 7) is 0. The Morgan fingerprint density at radius 1 is 1.06 bits per heavy atom. The lowest BCUT2D eigenvalue weighted by Crippen LogP contribution is -2.40. The van der Waals surface area contributed by atoms with Crippen molar-refractivity contribution in [3.05, 3.63) is 65.7 Å². The molecule has 3 rings (SSSR count). The van der Waals surface area contributed by atoms with Gasteiger partial charge < -0.3 is 15.6 Å². The standard InChI is InChI=1S/C15H15NO2/c16-13-10-15(17,11-6-2-1-3-7-11)18-14-9-5-4-8-12(13)14/h1-9,13,17H,10,16H2. The average Bonchev–Trinajstić information content (AvgIpc) is 2.40. The third-order valence-corrected chi connectivity index (χ3v) is 3.32. The molecule has 3 heteroatoms. The Morgan fingerprint density at radius 3 is 2.50 bits per heavy atom. The predicted octanol–water partition coefficient (Wildman–Crippen LogP) is 2.31. The van der Waals surface area contributed by atoms with Gasteiger partial charge >= 0.3 is 0 Å². The van der Waals surface area contributed by atoms with Crippen molar-refractivity contribution in [2.24, 2.45) is 5.73 Å². The van der Waals surface area contributed by atoms with Crippen LogP contribution in [0, 0.1) is 0 Å². The summed E-state index contributed by atoms with van der Waals surface area (Å²) in [5.74, 6) is -0.683. The van der Waals surface area contributed by atoms with Crippen molar-refractivity contribution in [1.82, 2.24) is 0 Å². The molecule has 0 bridgehead atoms. The van der Waals surface area contributed by atoms with Crippen LogP contribution < -0.4 is 10.5 Å². The molecule has 0 spiro atoms. The van der Waals surface area contributed by atoms with Crippen LogP contribution in [-0.4, -0.2) is 5.11 Å². The minimum atomic E-state index is -1.34. The monoisotopic (exact) mass is 241 g/mol. The maximum Gasteiger partial charge on any atom is 0.236 e. The Morgan fingerprint density at radius 2 is 1.72 bits per heavy atom. The second kappa shape index (κ2) is 4.12. The van der Waals surface area contributed by atoms with Gasteiger partial charge in [-0.05, 0) is 6.07 Å². The van der Waals surface area contributed by atoms with Gasteiger partial charge in [-0.3, -0.25) is 0 Å². The van der Waals surface area contributed by atoms with Crippen molar-refractivity contribution in [1.29, 1.82) is 0 Å². The molecule has 1 aliphatic rings. The van der Waals surface area contributed by atoms with Crippen molar-refractivity contribution < 1.29 is 9.84 Å². The van der Waals surface area contributed by atoms with Gasteiger partial charge in [0.15, 0.2) is 0 Å². The summed E-state index contributed by atoms with van der Waals surface area (Å²) in [5.41, 5.74) is 7.79. The van der Waals surface area contributed by atoms with Gasteiger partial charge in [-0.25, -0.2) is 0 Å². The lowest BCUT2D eigenvalue weighted by molar-refractivity contribution is -0.163. The molecule has 0 saturated heterocycles. The molecule has 2 atom stereocenters. The van der Waals surface area contributed by atoms with Gasteiger partial charge in [-0.15, -0.1) is 0 Å². The van der Waals surface area contributed by atoms with Gasteiger partial charge in [0.25, 0.3) is 0 Å². The van der Waals surface area contributed by atoms with Gasteiger partial charge in [0, 0.05) is 23.6 Å². The predicted molar refractivity (Wildman–Crippen MR) is 69.0 cm³/mol. The highest BCUT2D eigenvalue weighted by Crippen LogP contribution is 2.41. The zero-order chi connectivity index (χ0) is 12.6. The topological polar surface area (TPSA) is 55.5 Å². The molecule has 0 aliphatic carbocycles. The van der Waals surface area contributed by atoms with Gasteiger partial charge in [-0.2, -0.15) is 0 Å². The Kier molecular flexibility index (Phi) is 2.58. The normalized spacial score (nSPS) is 26.2. The van der Waals surface area contributed by atoms with Crippen molar-refractivity contribution in [3.8, 4) is 5.75 Å². The molecule has 18 heavy (non-hydrogen) atoms. The molecule has 0 saturated carbocycles. The molecule has 0 aromatic heterocycles. The Labute approximate surface area is 106 Å². The highest BCUT2D eigenvalue weighted by Gasteiger charge is 2.39. The van der Waals surface area contributed by atoms with Crippen LogP contribution in [0.3, 0.4) is 0 Å². The quantitative estimate of drug-likeness (QED) is 0.805. The fourth-order valence-electron chi connectivity index (χ4n) is 2.39. The highest BCUT2D eigenvalue weighted by molar-refractivity contribution is 5.39. The minimum absolute atomic E-state index is 0.222. The zero-order valence-corrected chi connectivity index (χ0v) is 9.91. The van der Waals surface area contributed by atoms with Crippen molar-refractivity contribution in [2.75, 3.05) is 0 Å². The lowest BCUT2D eigenvalue weighted by atomic mass is 9.91. The fraction of sp³-hybridized carbons (Fsp3) is 0.200. The third kappa shape index (κ3) is 1.78. The molecule has 2 aromatic carbocycles. The van der Waals surface area contributed by atoms with E-state index in [4.69, 9.17) is 10.5 Å². The number of aliphatic hydroxyl groups is 1. The summed E-state index contributed by atoms with van der Waals surface area (Å²) in [6, 6.07) is 16.7. The van der Waals surface area contributed by atoms with Crippen LogP contribution in [0.15, 0.2) is 54.6 Å². The molecule has 1 heterocycles. The van der Waals surface area contributed by atoms with Crippen LogP contribution in [0.1, 0.15) is 23.6 Å². The molecule has 0 fully saturated rings. The second-order valence-corrected chi connectivity index (χ2v) is 4.60. The molecule has 3 N–H and O–H groups in total. The van der Waals surface area contributed by atoms with E-state index in [1.807, 2.05) is 54.6 Å². The van der Waals surface area contributed by atoms with Gasteiger partial charge in [-0.1, -0.05) is 48.5 Å². The molecule has 92 valence electrons.